The fraction of sp³-hybridized carbons (Fsp3) is 0.348. The van der Waals surface area contributed by atoms with Gasteiger partial charge in [0.05, 0.1) is 11.5 Å². The number of rotatable bonds is 7. The lowest BCUT2D eigenvalue weighted by molar-refractivity contribution is -0.127. The van der Waals surface area contributed by atoms with E-state index in [0.29, 0.717) is 37.7 Å². The van der Waals surface area contributed by atoms with Crippen molar-refractivity contribution in [2.45, 2.75) is 25.2 Å². The van der Waals surface area contributed by atoms with Crippen LogP contribution in [-0.4, -0.2) is 56.3 Å². The average molecular weight is 429 g/mol. The molecule has 160 valence electrons. The predicted octanol–water partition coefficient (Wildman–Crippen LogP) is 3.33. The summed E-state index contributed by atoms with van der Waals surface area (Å²) in [6, 6.07) is 14.4. The highest BCUT2D eigenvalue weighted by Crippen LogP contribution is 2.19. The first-order valence-corrected chi connectivity index (χ1v) is 11.6. The quantitative estimate of drug-likeness (QED) is 0.635. The Morgan fingerprint density at radius 3 is 2.23 bits per heavy atom. The lowest BCUT2D eigenvalue weighted by Crippen LogP contribution is -2.50. The Morgan fingerprint density at radius 1 is 1.00 bits per heavy atom. The number of carbonyl (C=O) groups is 1. The van der Waals surface area contributed by atoms with Gasteiger partial charge in [-0.1, -0.05) is 36.8 Å². The highest BCUT2D eigenvalue weighted by atomic mass is 32.2. The van der Waals surface area contributed by atoms with Crippen molar-refractivity contribution in [3.63, 3.8) is 0 Å². The van der Waals surface area contributed by atoms with Crippen LogP contribution in [0.25, 0.3) is 6.08 Å². The predicted molar refractivity (Wildman–Crippen MR) is 118 cm³/mol. The number of piperazine rings is 1. The van der Waals surface area contributed by atoms with Gasteiger partial charge in [-0.05, 0) is 49.2 Å². The lowest BCUT2D eigenvalue weighted by atomic mass is 10.2. The molecule has 30 heavy (non-hydrogen) atoms. The number of benzene rings is 2. The molecule has 2 aromatic carbocycles. The monoisotopic (exact) mass is 428 g/mol. The van der Waals surface area contributed by atoms with E-state index in [-0.39, 0.29) is 5.91 Å². The molecule has 2 aromatic rings. The van der Waals surface area contributed by atoms with Crippen molar-refractivity contribution in [3.8, 4) is 5.75 Å². The van der Waals surface area contributed by atoms with Crippen molar-refractivity contribution in [3.05, 3.63) is 65.7 Å². The maximum Gasteiger partial charge on any atom is 0.246 e. The molecule has 1 aliphatic rings. The van der Waals surface area contributed by atoms with E-state index < -0.39 is 10.0 Å². The van der Waals surface area contributed by atoms with Crippen LogP contribution in [0.1, 0.15) is 24.5 Å². The van der Waals surface area contributed by atoms with Crippen LogP contribution < -0.4 is 4.74 Å². The molecule has 1 saturated heterocycles. The van der Waals surface area contributed by atoms with E-state index in [9.17, 15) is 13.2 Å². The van der Waals surface area contributed by atoms with Crippen LogP contribution in [0.5, 0.6) is 5.75 Å². The molecule has 0 unspecified atom stereocenters. The Hall–Kier alpha value is -2.64. The van der Waals surface area contributed by atoms with E-state index in [1.165, 1.54) is 10.4 Å². The molecule has 1 heterocycles. The fourth-order valence-electron chi connectivity index (χ4n) is 3.18. The van der Waals surface area contributed by atoms with E-state index in [2.05, 4.69) is 6.92 Å². The Bertz CT molecular complexity index is 975. The van der Waals surface area contributed by atoms with E-state index in [1.54, 1.807) is 35.2 Å². The first kappa shape index (κ1) is 22.1. The average Bonchev–Trinajstić information content (AvgIpc) is 2.77. The van der Waals surface area contributed by atoms with E-state index in [0.717, 1.165) is 23.3 Å². The zero-order valence-corrected chi connectivity index (χ0v) is 18.3. The molecular weight excluding hydrogens is 400 g/mol. The van der Waals surface area contributed by atoms with Gasteiger partial charge in [0.1, 0.15) is 5.75 Å². The number of hydrogen-bond donors (Lipinski definition) is 0. The summed E-state index contributed by atoms with van der Waals surface area (Å²) in [6.07, 6.45) is 4.25. The van der Waals surface area contributed by atoms with Crippen LogP contribution in [0.3, 0.4) is 0 Å². The Kier molecular flexibility index (Phi) is 7.29. The summed E-state index contributed by atoms with van der Waals surface area (Å²) in [6.45, 7) is 5.98. The third kappa shape index (κ3) is 5.49. The van der Waals surface area contributed by atoms with E-state index in [4.69, 9.17) is 4.74 Å². The van der Waals surface area contributed by atoms with Gasteiger partial charge in [-0.15, -0.1) is 0 Å². The maximum atomic E-state index is 12.8. The number of aryl methyl sites for hydroxylation is 1. The lowest BCUT2D eigenvalue weighted by Gasteiger charge is -2.33. The van der Waals surface area contributed by atoms with Gasteiger partial charge in [0.15, 0.2) is 0 Å². The fourth-order valence-corrected chi connectivity index (χ4v) is 4.60. The molecule has 7 heteroatoms. The summed E-state index contributed by atoms with van der Waals surface area (Å²) in [5.41, 5.74) is 1.92. The molecule has 0 N–H and O–H groups in total. The second kappa shape index (κ2) is 9.91. The van der Waals surface area contributed by atoms with E-state index >= 15 is 0 Å². The number of carbonyl (C=O) groups excluding carboxylic acids is 1. The van der Waals surface area contributed by atoms with Gasteiger partial charge >= 0.3 is 0 Å². The molecule has 0 spiro atoms. The van der Waals surface area contributed by atoms with Crippen molar-refractivity contribution in [1.82, 2.24) is 9.21 Å². The SMILES string of the molecule is CCCOc1ccc(/C=C/C(=O)N2CCN(S(=O)(=O)c3ccc(C)cc3)CC2)cc1. The normalized spacial score (nSPS) is 15.5. The molecule has 0 saturated carbocycles. The highest BCUT2D eigenvalue weighted by molar-refractivity contribution is 7.89. The largest absolute Gasteiger partial charge is 0.494 e. The Balaban J connectivity index is 1.54. The van der Waals surface area contributed by atoms with Gasteiger partial charge in [0, 0.05) is 32.3 Å². The van der Waals surface area contributed by atoms with Gasteiger partial charge in [-0.3, -0.25) is 4.79 Å². The first-order valence-electron chi connectivity index (χ1n) is 10.2. The van der Waals surface area contributed by atoms with Crippen molar-refractivity contribution in [2.75, 3.05) is 32.8 Å². The van der Waals surface area contributed by atoms with Crippen LogP contribution in [0.4, 0.5) is 0 Å². The number of sulfonamides is 1. The molecular formula is C23H28N2O4S. The number of amides is 1. The molecule has 6 nitrogen and oxygen atoms in total. The summed E-state index contributed by atoms with van der Waals surface area (Å²) >= 11 is 0. The minimum absolute atomic E-state index is 0.117. The summed E-state index contributed by atoms with van der Waals surface area (Å²) < 4.78 is 32.6. The molecule has 0 aromatic heterocycles. The van der Waals surface area contributed by atoms with Crippen molar-refractivity contribution < 1.29 is 17.9 Å². The van der Waals surface area contributed by atoms with Gasteiger partial charge in [0.25, 0.3) is 0 Å². The third-order valence-corrected chi connectivity index (χ3v) is 6.89. The van der Waals surface area contributed by atoms with Crippen LogP contribution in [0.2, 0.25) is 0 Å². The molecule has 0 aliphatic carbocycles. The van der Waals surface area contributed by atoms with Gasteiger partial charge in [0.2, 0.25) is 15.9 Å². The first-order chi connectivity index (χ1) is 14.4. The summed E-state index contributed by atoms with van der Waals surface area (Å²) in [4.78, 5) is 14.5. The van der Waals surface area contributed by atoms with Crippen molar-refractivity contribution >= 4 is 22.0 Å². The molecule has 0 bridgehead atoms. The number of nitrogens with zero attached hydrogens (tertiary/aromatic N) is 2. The molecule has 3 rings (SSSR count). The minimum atomic E-state index is -3.53. The number of hydrogen-bond acceptors (Lipinski definition) is 4. The Labute approximate surface area is 178 Å². The maximum absolute atomic E-state index is 12.8. The zero-order chi connectivity index (χ0) is 21.6. The minimum Gasteiger partial charge on any atom is -0.494 e. The van der Waals surface area contributed by atoms with Crippen molar-refractivity contribution in [1.29, 1.82) is 0 Å². The molecule has 1 amide bonds. The van der Waals surface area contributed by atoms with Gasteiger partial charge in [-0.2, -0.15) is 4.31 Å². The topological polar surface area (TPSA) is 66.9 Å². The molecule has 0 radical (unpaired) electrons. The standard InChI is InChI=1S/C23H28N2O4S/c1-3-18-29-21-9-6-20(7-10-21)8-13-23(26)24-14-16-25(17-15-24)30(27,28)22-11-4-19(2)5-12-22/h4-13H,3,14-18H2,1-2H3/b13-8+. The van der Waals surface area contributed by atoms with Crippen LogP contribution in [0.15, 0.2) is 59.5 Å². The molecule has 1 fully saturated rings. The third-order valence-electron chi connectivity index (χ3n) is 4.98. The van der Waals surface area contributed by atoms with Crippen LogP contribution >= 0.6 is 0 Å². The van der Waals surface area contributed by atoms with Gasteiger partial charge in [-0.25, -0.2) is 8.42 Å². The molecule has 1 aliphatic heterocycles. The number of ether oxygens (including phenoxy) is 1. The summed E-state index contributed by atoms with van der Waals surface area (Å²) in [5.74, 6) is 0.694. The van der Waals surface area contributed by atoms with Crippen molar-refractivity contribution in [2.24, 2.45) is 0 Å². The summed E-state index contributed by atoms with van der Waals surface area (Å²) in [7, 11) is -3.53. The molecule has 0 atom stereocenters. The second-order valence-electron chi connectivity index (χ2n) is 7.29. The van der Waals surface area contributed by atoms with E-state index in [1.807, 2.05) is 31.2 Å². The smallest absolute Gasteiger partial charge is 0.246 e. The van der Waals surface area contributed by atoms with Gasteiger partial charge < -0.3 is 9.64 Å². The summed E-state index contributed by atoms with van der Waals surface area (Å²) in [5, 5.41) is 0. The van der Waals surface area contributed by atoms with Crippen LogP contribution in [0, 0.1) is 6.92 Å². The second-order valence-corrected chi connectivity index (χ2v) is 9.23. The van der Waals surface area contributed by atoms with Crippen LogP contribution in [-0.2, 0) is 14.8 Å². The zero-order valence-electron chi connectivity index (χ0n) is 17.5. The highest BCUT2D eigenvalue weighted by Gasteiger charge is 2.29. The Morgan fingerprint density at radius 2 is 1.63 bits per heavy atom.